The lowest BCUT2D eigenvalue weighted by atomic mass is 10.1. The van der Waals surface area contributed by atoms with Gasteiger partial charge in [0.1, 0.15) is 6.04 Å². The van der Waals surface area contributed by atoms with Gasteiger partial charge in [0.25, 0.3) is 0 Å². The van der Waals surface area contributed by atoms with Crippen molar-refractivity contribution in [2.45, 2.75) is 32.9 Å². The lowest BCUT2D eigenvalue weighted by Gasteiger charge is -2.19. The molecular formula is C10H20N2O4. The summed E-state index contributed by atoms with van der Waals surface area (Å²) in [7, 11) is 1.54. The number of carboxylic acid groups (broad SMARTS) is 1. The quantitative estimate of drug-likeness (QED) is 0.619. The largest absolute Gasteiger partial charge is 0.480 e. The fourth-order valence-electron chi connectivity index (χ4n) is 1.03. The zero-order valence-electron chi connectivity index (χ0n) is 10.1. The third-order valence-electron chi connectivity index (χ3n) is 2.17. The predicted octanol–water partition coefficient (Wildman–Crippen LogP) is 0.430. The highest BCUT2D eigenvalue weighted by atomic mass is 16.5. The number of methoxy groups -OCH3 is 1. The van der Waals surface area contributed by atoms with Gasteiger partial charge in [-0.05, 0) is 12.8 Å². The Bertz CT molecular complexity index is 243. The Labute approximate surface area is 95.4 Å². The number of carbonyl (C=O) groups excluding carboxylic acids is 1. The van der Waals surface area contributed by atoms with Crippen molar-refractivity contribution >= 4 is 12.0 Å². The Morgan fingerprint density at radius 3 is 2.25 bits per heavy atom. The van der Waals surface area contributed by atoms with Crippen LogP contribution in [0.5, 0.6) is 0 Å². The van der Waals surface area contributed by atoms with Crippen LogP contribution in [0.25, 0.3) is 0 Å². The smallest absolute Gasteiger partial charge is 0.326 e. The second kappa shape index (κ2) is 7.05. The first-order chi connectivity index (χ1) is 7.38. The molecule has 0 aromatic carbocycles. The van der Waals surface area contributed by atoms with E-state index in [1.54, 1.807) is 27.9 Å². The van der Waals surface area contributed by atoms with Crippen molar-refractivity contribution in [1.29, 1.82) is 0 Å². The number of rotatable bonds is 6. The molecule has 0 bridgehead atoms. The van der Waals surface area contributed by atoms with Crippen molar-refractivity contribution in [3.05, 3.63) is 0 Å². The molecule has 0 saturated carbocycles. The van der Waals surface area contributed by atoms with Gasteiger partial charge in [-0.2, -0.15) is 0 Å². The first kappa shape index (κ1) is 14.7. The van der Waals surface area contributed by atoms with Crippen molar-refractivity contribution in [2.75, 3.05) is 13.7 Å². The maximum Gasteiger partial charge on any atom is 0.326 e. The average Bonchev–Trinajstić information content (AvgIpc) is 2.21. The van der Waals surface area contributed by atoms with Gasteiger partial charge in [-0.15, -0.1) is 0 Å². The van der Waals surface area contributed by atoms with Crippen LogP contribution in [-0.4, -0.2) is 42.9 Å². The van der Waals surface area contributed by atoms with Crippen molar-refractivity contribution in [2.24, 2.45) is 5.92 Å². The minimum atomic E-state index is -1.04. The molecule has 0 aromatic heterocycles. The van der Waals surface area contributed by atoms with E-state index in [0.29, 0.717) is 6.54 Å². The summed E-state index contributed by atoms with van der Waals surface area (Å²) in [6.45, 7) is 5.61. The number of carbonyl (C=O) groups is 2. The summed E-state index contributed by atoms with van der Waals surface area (Å²) in [5.74, 6) is -1.20. The van der Waals surface area contributed by atoms with Gasteiger partial charge in [0, 0.05) is 13.7 Å². The molecule has 16 heavy (non-hydrogen) atoms. The third-order valence-corrected chi connectivity index (χ3v) is 2.17. The monoisotopic (exact) mass is 232 g/mol. The number of aliphatic carboxylic acids is 1. The lowest BCUT2D eigenvalue weighted by molar-refractivity contribution is -0.140. The molecule has 0 aliphatic carbocycles. The maximum absolute atomic E-state index is 11.3. The molecule has 2 atom stereocenters. The van der Waals surface area contributed by atoms with Gasteiger partial charge in [0.2, 0.25) is 0 Å². The highest BCUT2D eigenvalue weighted by Gasteiger charge is 2.23. The Kier molecular flexibility index (Phi) is 6.48. The van der Waals surface area contributed by atoms with Gasteiger partial charge in [-0.1, -0.05) is 13.8 Å². The Balaban J connectivity index is 4.06. The number of hydrogen-bond donors (Lipinski definition) is 3. The fraction of sp³-hybridized carbons (Fsp3) is 0.800. The highest BCUT2D eigenvalue weighted by Crippen LogP contribution is 2.01. The minimum absolute atomic E-state index is 0.104. The van der Waals surface area contributed by atoms with Gasteiger partial charge < -0.3 is 20.5 Å². The zero-order valence-corrected chi connectivity index (χ0v) is 10.1. The second-order valence-electron chi connectivity index (χ2n) is 3.96. The molecule has 0 aromatic rings. The molecular weight excluding hydrogens is 212 g/mol. The topological polar surface area (TPSA) is 87.7 Å². The molecule has 3 N–H and O–H groups in total. The van der Waals surface area contributed by atoms with Crippen molar-refractivity contribution < 1.29 is 19.4 Å². The van der Waals surface area contributed by atoms with E-state index in [1.807, 2.05) is 0 Å². The molecule has 0 saturated heterocycles. The van der Waals surface area contributed by atoms with E-state index in [9.17, 15) is 9.59 Å². The molecule has 0 rings (SSSR count). The van der Waals surface area contributed by atoms with E-state index in [0.717, 1.165) is 0 Å². The summed E-state index contributed by atoms with van der Waals surface area (Å²) in [4.78, 5) is 22.1. The first-order valence-electron chi connectivity index (χ1n) is 5.18. The van der Waals surface area contributed by atoms with Crippen molar-refractivity contribution in [3.63, 3.8) is 0 Å². The predicted molar refractivity (Wildman–Crippen MR) is 59.3 cm³/mol. The summed E-state index contributed by atoms with van der Waals surface area (Å²) < 4.78 is 4.94. The molecule has 6 nitrogen and oxygen atoms in total. The average molecular weight is 232 g/mol. The van der Waals surface area contributed by atoms with Crippen LogP contribution in [-0.2, 0) is 9.53 Å². The standard InChI is InChI=1S/C10H20N2O4/c1-6(2)8(9(13)14)12-10(15)11-5-7(3)16-4/h6-8H,5H2,1-4H3,(H,13,14)(H2,11,12,15)/t7?,8-/m0/s1. The zero-order chi connectivity index (χ0) is 12.7. The van der Waals surface area contributed by atoms with Crippen molar-refractivity contribution in [1.82, 2.24) is 10.6 Å². The number of carboxylic acids is 1. The first-order valence-corrected chi connectivity index (χ1v) is 5.18. The fourth-order valence-corrected chi connectivity index (χ4v) is 1.03. The van der Waals surface area contributed by atoms with E-state index in [-0.39, 0.29) is 12.0 Å². The molecule has 0 heterocycles. The Morgan fingerprint density at radius 1 is 1.31 bits per heavy atom. The van der Waals surface area contributed by atoms with Gasteiger partial charge in [0.05, 0.1) is 6.10 Å². The Morgan fingerprint density at radius 2 is 1.88 bits per heavy atom. The van der Waals surface area contributed by atoms with E-state index in [4.69, 9.17) is 9.84 Å². The highest BCUT2D eigenvalue weighted by molar-refractivity contribution is 5.82. The molecule has 0 spiro atoms. The van der Waals surface area contributed by atoms with Crippen LogP contribution in [0.2, 0.25) is 0 Å². The number of hydrogen-bond acceptors (Lipinski definition) is 3. The summed E-state index contributed by atoms with van der Waals surface area (Å²) >= 11 is 0. The lowest BCUT2D eigenvalue weighted by Crippen LogP contribution is -2.49. The van der Waals surface area contributed by atoms with E-state index < -0.39 is 18.0 Å². The van der Waals surface area contributed by atoms with Crippen LogP contribution in [0.15, 0.2) is 0 Å². The number of amides is 2. The molecule has 0 aliphatic rings. The third kappa shape index (κ3) is 5.55. The van der Waals surface area contributed by atoms with Gasteiger partial charge >= 0.3 is 12.0 Å². The van der Waals surface area contributed by atoms with Gasteiger partial charge in [0.15, 0.2) is 0 Å². The molecule has 0 radical (unpaired) electrons. The van der Waals surface area contributed by atoms with Gasteiger partial charge in [-0.25, -0.2) is 9.59 Å². The Hall–Kier alpha value is -1.30. The molecule has 94 valence electrons. The number of urea groups is 1. The van der Waals surface area contributed by atoms with E-state index in [1.165, 1.54) is 0 Å². The number of nitrogens with one attached hydrogen (secondary N) is 2. The molecule has 6 heteroatoms. The molecule has 0 fully saturated rings. The van der Waals surface area contributed by atoms with Crippen LogP contribution >= 0.6 is 0 Å². The maximum atomic E-state index is 11.3. The minimum Gasteiger partial charge on any atom is -0.480 e. The summed E-state index contributed by atoms with van der Waals surface area (Å²) in [5.41, 5.74) is 0. The second-order valence-corrected chi connectivity index (χ2v) is 3.96. The SMILES string of the molecule is COC(C)CNC(=O)N[C@H](C(=O)O)C(C)C. The summed E-state index contributed by atoms with van der Waals surface area (Å²) in [5, 5.41) is 13.8. The molecule has 1 unspecified atom stereocenters. The summed E-state index contributed by atoms with van der Waals surface area (Å²) in [6.07, 6.45) is -0.104. The van der Waals surface area contributed by atoms with Crippen LogP contribution in [0, 0.1) is 5.92 Å². The van der Waals surface area contributed by atoms with Crippen LogP contribution in [0.3, 0.4) is 0 Å². The van der Waals surface area contributed by atoms with Gasteiger partial charge in [-0.3, -0.25) is 0 Å². The summed E-state index contributed by atoms with van der Waals surface area (Å²) in [6, 6.07) is -1.37. The normalized spacial score (nSPS) is 14.3. The van der Waals surface area contributed by atoms with Crippen LogP contribution in [0.1, 0.15) is 20.8 Å². The van der Waals surface area contributed by atoms with Crippen LogP contribution in [0.4, 0.5) is 4.79 Å². The van der Waals surface area contributed by atoms with Crippen LogP contribution < -0.4 is 10.6 Å². The van der Waals surface area contributed by atoms with Crippen molar-refractivity contribution in [3.8, 4) is 0 Å². The molecule has 0 aliphatic heterocycles. The van der Waals surface area contributed by atoms with E-state index >= 15 is 0 Å². The molecule has 2 amide bonds. The van der Waals surface area contributed by atoms with E-state index in [2.05, 4.69) is 10.6 Å². The number of ether oxygens (including phenoxy) is 1.